The highest BCUT2D eigenvalue weighted by Gasteiger charge is 2.14. The summed E-state index contributed by atoms with van der Waals surface area (Å²) in [5, 5.41) is 2.99. The number of hydrogen-bond acceptors (Lipinski definition) is 3. The van der Waals surface area contributed by atoms with Gasteiger partial charge in [0.05, 0.1) is 11.0 Å². The van der Waals surface area contributed by atoms with Crippen LogP contribution in [0.25, 0.3) is 11.0 Å². The minimum atomic E-state index is -0.0932. The Morgan fingerprint density at radius 3 is 2.71 bits per heavy atom. The van der Waals surface area contributed by atoms with Gasteiger partial charge in [-0.2, -0.15) is 0 Å². The number of benzene rings is 2. The zero-order valence-corrected chi connectivity index (χ0v) is 16.7. The van der Waals surface area contributed by atoms with E-state index >= 15 is 0 Å². The lowest BCUT2D eigenvalue weighted by Crippen LogP contribution is -2.31. The Morgan fingerprint density at radius 1 is 1.11 bits per heavy atom. The molecule has 1 saturated heterocycles. The average Bonchev–Trinajstić information content (AvgIpc) is 3.02. The number of amides is 1. The van der Waals surface area contributed by atoms with Crippen LogP contribution in [0, 0.1) is 6.92 Å². The van der Waals surface area contributed by atoms with Crippen LogP contribution in [0.15, 0.2) is 42.5 Å². The van der Waals surface area contributed by atoms with Crippen molar-refractivity contribution in [2.45, 2.75) is 32.6 Å². The monoisotopic (exact) mass is 376 g/mol. The van der Waals surface area contributed by atoms with Crippen molar-refractivity contribution >= 4 is 22.6 Å². The predicted octanol–water partition coefficient (Wildman–Crippen LogP) is 4.16. The normalized spacial score (nSPS) is 15.1. The van der Waals surface area contributed by atoms with E-state index in [1.165, 1.54) is 32.4 Å². The first-order valence-electron chi connectivity index (χ1n) is 10.2. The van der Waals surface area contributed by atoms with Crippen LogP contribution in [-0.4, -0.2) is 40.0 Å². The Kier molecular flexibility index (Phi) is 5.44. The molecule has 1 aliphatic heterocycles. The van der Waals surface area contributed by atoms with Gasteiger partial charge in [-0.05, 0) is 63.2 Å². The van der Waals surface area contributed by atoms with Crippen molar-refractivity contribution in [2.75, 3.05) is 25.0 Å². The molecule has 0 spiro atoms. The molecule has 1 aromatic heterocycles. The van der Waals surface area contributed by atoms with Crippen LogP contribution in [0.5, 0.6) is 0 Å². The van der Waals surface area contributed by atoms with E-state index in [1.54, 1.807) is 0 Å². The summed E-state index contributed by atoms with van der Waals surface area (Å²) in [4.78, 5) is 19.9. The molecule has 1 amide bonds. The highest BCUT2D eigenvalue weighted by atomic mass is 16.1. The molecule has 0 bridgehead atoms. The fourth-order valence-corrected chi connectivity index (χ4v) is 3.98. The van der Waals surface area contributed by atoms with E-state index in [0.717, 1.165) is 41.1 Å². The number of nitrogens with one attached hydrogen (secondary N) is 1. The van der Waals surface area contributed by atoms with E-state index in [4.69, 9.17) is 4.98 Å². The first-order chi connectivity index (χ1) is 13.6. The van der Waals surface area contributed by atoms with Crippen LogP contribution in [0.4, 0.5) is 5.69 Å². The van der Waals surface area contributed by atoms with E-state index in [-0.39, 0.29) is 5.91 Å². The van der Waals surface area contributed by atoms with Gasteiger partial charge in [0.2, 0.25) is 0 Å². The molecule has 1 aliphatic rings. The molecule has 0 unspecified atom stereocenters. The van der Waals surface area contributed by atoms with Gasteiger partial charge in [-0.15, -0.1) is 0 Å². The van der Waals surface area contributed by atoms with Gasteiger partial charge >= 0.3 is 0 Å². The van der Waals surface area contributed by atoms with Crippen LogP contribution in [0.1, 0.15) is 41.0 Å². The van der Waals surface area contributed by atoms with Gasteiger partial charge in [-0.25, -0.2) is 4.98 Å². The highest BCUT2D eigenvalue weighted by molar-refractivity contribution is 6.05. The fraction of sp³-hybridized carbons (Fsp3) is 0.391. The van der Waals surface area contributed by atoms with Crippen molar-refractivity contribution in [3.05, 3.63) is 59.4 Å². The molecule has 146 valence electrons. The molecule has 5 heteroatoms. The van der Waals surface area contributed by atoms with Crippen LogP contribution >= 0.6 is 0 Å². The standard InChI is InChI=1S/C23H28N4O/c1-17-7-6-8-18(15-17)23(28)24-19-9-10-21-20(16-19)25-22(26(21)2)11-14-27-12-4-3-5-13-27/h6-10,15-16H,3-5,11-14H2,1-2H3,(H,24,28). The maximum Gasteiger partial charge on any atom is 0.255 e. The summed E-state index contributed by atoms with van der Waals surface area (Å²) in [5.74, 6) is 1.01. The highest BCUT2D eigenvalue weighted by Crippen LogP contribution is 2.21. The first-order valence-corrected chi connectivity index (χ1v) is 10.2. The minimum Gasteiger partial charge on any atom is -0.331 e. The zero-order chi connectivity index (χ0) is 19.5. The van der Waals surface area contributed by atoms with Gasteiger partial charge < -0.3 is 14.8 Å². The van der Waals surface area contributed by atoms with Crippen molar-refractivity contribution in [3.63, 3.8) is 0 Å². The average molecular weight is 377 g/mol. The van der Waals surface area contributed by atoms with Gasteiger partial charge in [-0.3, -0.25) is 4.79 Å². The summed E-state index contributed by atoms with van der Waals surface area (Å²) < 4.78 is 2.17. The molecule has 1 fully saturated rings. The largest absolute Gasteiger partial charge is 0.331 e. The summed E-state index contributed by atoms with van der Waals surface area (Å²) >= 11 is 0. The van der Waals surface area contributed by atoms with Gasteiger partial charge in [0.25, 0.3) is 5.91 Å². The number of piperidine rings is 1. The summed E-state index contributed by atoms with van der Waals surface area (Å²) in [7, 11) is 2.08. The third-order valence-electron chi connectivity index (χ3n) is 5.61. The Labute approximate surface area is 166 Å². The molecule has 0 atom stereocenters. The molecule has 0 saturated carbocycles. The molecule has 1 N–H and O–H groups in total. The number of aryl methyl sites for hydroxylation is 2. The Balaban J connectivity index is 1.48. The fourth-order valence-electron chi connectivity index (χ4n) is 3.98. The number of aromatic nitrogens is 2. The van der Waals surface area contributed by atoms with E-state index < -0.39 is 0 Å². The maximum absolute atomic E-state index is 12.5. The van der Waals surface area contributed by atoms with Crippen LogP contribution < -0.4 is 5.32 Å². The smallest absolute Gasteiger partial charge is 0.255 e. The topological polar surface area (TPSA) is 50.2 Å². The zero-order valence-electron chi connectivity index (χ0n) is 16.7. The lowest BCUT2D eigenvalue weighted by molar-refractivity contribution is 0.102. The number of rotatable bonds is 5. The Hall–Kier alpha value is -2.66. The Morgan fingerprint density at radius 2 is 1.93 bits per heavy atom. The van der Waals surface area contributed by atoms with Crippen molar-refractivity contribution in [2.24, 2.45) is 7.05 Å². The summed E-state index contributed by atoms with van der Waals surface area (Å²) in [6.07, 6.45) is 4.94. The van der Waals surface area contributed by atoms with E-state index in [9.17, 15) is 4.79 Å². The molecule has 28 heavy (non-hydrogen) atoms. The molecule has 4 rings (SSSR count). The third-order valence-corrected chi connectivity index (χ3v) is 5.61. The number of hydrogen-bond donors (Lipinski definition) is 1. The number of imidazole rings is 1. The molecule has 0 radical (unpaired) electrons. The minimum absolute atomic E-state index is 0.0932. The van der Waals surface area contributed by atoms with E-state index in [0.29, 0.717) is 5.56 Å². The SMILES string of the molecule is Cc1cccc(C(=O)Nc2ccc3c(c2)nc(CCN2CCCCC2)n3C)c1. The van der Waals surface area contributed by atoms with E-state index in [1.807, 2.05) is 49.4 Å². The first kappa shape index (κ1) is 18.7. The Bertz CT molecular complexity index is 985. The van der Waals surface area contributed by atoms with Crippen molar-refractivity contribution < 1.29 is 4.79 Å². The van der Waals surface area contributed by atoms with Crippen LogP contribution in [0.3, 0.4) is 0 Å². The molecule has 0 aliphatic carbocycles. The number of nitrogens with zero attached hydrogens (tertiary/aromatic N) is 3. The lowest BCUT2D eigenvalue weighted by atomic mass is 10.1. The number of carbonyl (C=O) groups is 1. The number of anilines is 1. The third kappa shape index (κ3) is 4.09. The van der Waals surface area contributed by atoms with Crippen molar-refractivity contribution in [1.29, 1.82) is 0 Å². The lowest BCUT2D eigenvalue weighted by Gasteiger charge is -2.26. The molecule has 2 heterocycles. The number of carbonyl (C=O) groups excluding carboxylic acids is 1. The molecule has 2 aromatic carbocycles. The molecular formula is C23H28N4O. The summed E-state index contributed by atoms with van der Waals surface area (Å²) in [6.45, 7) is 5.47. The summed E-state index contributed by atoms with van der Waals surface area (Å²) in [5.41, 5.74) is 4.55. The van der Waals surface area contributed by atoms with Crippen molar-refractivity contribution in [3.8, 4) is 0 Å². The van der Waals surface area contributed by atoms with Crippen LogP contribution in [0.2, 0.25) is 0 Å². The second-order valence-corrected chi connectivity index (χ2v) is 7.77. The van der Waals surface area contributed by atoms with Gasteiger partial charge in [0.15, 0.2) is 0 Å². The predicted molar refractivity (Wildman–Crippen MR) is 114 cm³/mol. The second kappa shape index (κ2) is 8.15. The second-order valence-electron chi connectivity index (χ2n) is 7.77. The van der Waals surface area contributed by atoms with Crippen LogP contribution in [-0.2, 0) is 13.5 Å². The van der Waals surface area contributed by atoms with Gasteiger partial charge in [-0.1, -0.05) is 24.1 Å². The summed E-state index contributed by atoms with van der Waals surface area (Å²) in [6, 6.07) is 13.6. The maximum atomic E-state index is 12.5. The quantitative estimate of drug-likeness (QED) is 0.727. The van der Waals surface area contributed by atoms with Gasteiger partial charge in [0.1, 0.15) is 5.82 Å². The molecule has 5 nitrogen and oxygen atoms in total. The number of fused-ring (bicyclic) bond motifs is 1. The molecule has 3 aromatic rings. The van der Waals surface area contributed by atoms with Crippen molar-refractivity contribution in [1.82, 2.24) is 14.5 Å². The number of likely N-dealkylation sites (tertiary alicyclic amines) is 1. The molecular weight excluding hydrogens is 348 g/mol. The van der Waals surface area contributed by atoms with Gasteiger partial charge in [0, 0.05) is 31.3 Å². The van der Waals surface area contributed by atoms with E-state index in [2.05, 4.69) is 21.8 Å².